The summed E-state index contributed by atoms with van der Waals surface area (Å²) in [6.07, 6.45) is 5.03. The van der Waals surface area contributed by atoms with Gasteiger partial charge < -0.3 is 0 Å². The fraction of sp³-hybridized carbons (Fsp3) is 0.583. The Balaban J connectivity index is 2.99. The summed E-state index contributed by atoms with van der Waals surface area (Å²) in [4.78, 5) is 10.8. The summed E-state index contributed by atoms with van der Waals surface area (Å²) in [6.45, 7) is 8.69. The van der Waals surface area contributed by atoms with Gasteiger partial charge in [-0.15, -0.1) is 0 Å². The van der Waals surface area contributed by atoms with Crippen LogP contribution in [-0.4, -0.2) is 6.29 Å². The summed E-state index contributed by atoms with van der Waals surface area (Å²) in [5.41, 5.74) is 2.33. The Morgan fingerprint density at radius 1 is 1.38 bits per heavy atom. The Bertz CT molecular complexity index is 258. The van der Waals surface area contributed by atoms with Crippen LogP contribution in [0.1, 0.15) is 27.7 Å². The molecule has 0 saturated carbocycles. The van der Waals surface area contributed by atoms with Gasteiger partial charge in [0, 0.05) is 0 Å². The van der Waals surface area contributed by atoms with Gasteiger partial charge in [-0.05, 0) is 30.3 Å². The SMILES string of the molecule is CC1=CC=C(C=O)[C@@H](C(C)C)C1C. The van der Waals surface area contributed by atoms with E-state index in [1.54, 1.807) is 0 Å². The molecule has 1 heteroatoms. The second kappa shape index (κ2) is 3.91. The predicted octanol–water partition coefficient (Wildman–Crippen LogP) is 2.98. The van der Waals surface area contributed by atoms with Crippen LogP contribution >= 0.6 is 0 Å². The minimum absolute atomic E-state index is 0.405. The fourth-order valence-corrected chi connectivity index (χ4v) is 2.14. The molecular weight excluding hydrogens is 160 g/mol. The van der Waals surface area contributed by atoms with Gasteiger partial charge in [0.1, 0.15) is 6.29 Å². The van der Waals surface area contributed by atoms with Crippen LogP contribution in [0.5, 0.6) is 0 Å². The van der Waals surface area contributed by atoms with Crippen LogP contribution in [0.3, 0.4) is 0 Å². The van der Waals surface area contributed by atoms with Crippen molar-refractivity contribution in [2.24, 2.45) is 17.8 Å². The molecule has 1 aliphatic carbocycles. The van der Waals surface area contributed by atoms with E-state index in [4.69, 9.17) is 0 Å². The van der Waals surface area contributed by atoms with Crippen molar-refractivity contribution in [2.75, 3.05) is 0 Å². The number of rotatable bonds is 2. The molecule has 0 aromatic carbocycles. The molecule has 0 amide bonds. The van der Waals surface area contributed by atoms with E-state index in [1.165, 1.54) is 5.57 Å². The summed E-state index contributed by atoms with van der Waals surface area (Å²) in [7, 11) is 0. The molecule has 0 heterocycles. The Hall–Kier alpha value is -0.850. The maximum absolute atomic E-state index is 10.8. The Morgan fingerprint density at radius 3 is 2.46 bits per heavy atom. The Labute approximate surface area is 80.5 Å². The van der Waals surface area contributed by atoms with Crippen LogP contribution in [-0.2, 0) is 4.79 Å². The second-order valence-electron chi connectivity index (χ2n) is 4.25. The maximum atomic E-state index is 10.8. The fourth-order valence-electron chi connectivity index (χ4n) is 2.14. The van der Waals surface area contributed by atoms with Gasteiger partial charge in [-0.3, -0.25) is 4.79 Å². The van der Waals surface area contributed by atoms with Gasteiger partial charge in [0.05, 0.1) is 0 Å². The lowest BCUT2D eigenvalue weighted by Gasteiger charge is -2.31. The molecule has 1 unspecified atom stereocenters. The lowest BCUT2D eigenvalue weighted by Crippen LogP contribution is -2.24. The topological polar surface area (TPSA) is 17.1 Å². The monoisotopic (exact) mass is 178 g/mol. The average molecular weight is 178 g/mol. The van der Waals surface area contributed by atoms with Crippen LogP contribution in [0.25, 0.3) is 0 Å². The van der Waals surface area contributed by atoms with E-state index in [9.17, 15) is 4.79 Å². The van der Waals surface area contributed by atoms with Crippen molar-refractivity contribution in [1.29, 1.82) is 0 Å². The first-order valence-corrected chi connectivity index (χ1v) is 4.91. The number of hydrogen-bond donors (Lipinski definition) is 0. The minimum atomic E-state index is 0.405. The molecular formula is C12H18O. The van der Waals surface area contributed by atoms with Crippen molar-refractivity contribution in [3.05, 3.63) is 23.3 Å². The first kappa shape index (κ1) is 10.2. The molecule has 72 valence electrons. The number of allylic oxidation sites excluding steroid dienone is 4. The average Bonchev–Trinajstić information content (AvgIpc) is 2.08. The standard InChI is InChI=1S/C12H18O/c1-8(2)12-10(4)9(3)5-6-11(12)7-13/h5-8,10,12H,1-4H3/t10?,12-/m0/s1. The molecule has 0 aromatic rings. The van der Waals surface area contributed by atoms with E-state index in [-0.39, 0.29) is 0 Å². The molecule has 0 fully saturated rings. The highest BCUT2D eigenvalue weighted by atomic mass is 16.1. The summed E-state index contributed by atoms with van der Waals surface area (Å²) in [5.74, 6) is 1.45. The molecule has 1 rings (SSSR count). The van der Waals surface area contributed by atoms with Gasteiger partial charge in [0.2, 0.25) is 0 Å². The van der Waals surface area contributed by atoms with Crippen molar-refractivity contribution in [1.82, 2.24) is 0 Å². The summed E-state index contributed by atoms with van der Waals surface area (Å²) in [6, 6.07) is 0. The molecule has 1 nitrogen and oxygen atoms in total. The van der Waals surface area contributed by atoms with Crippen LogP contribution in [0.15, 0.2) is 23.3 Å². The van der Waals surface area contributed by atoms with Crippen molar-refractivity contribution in [3.8, 4) is 0 Å². The van der Waals surface area contributed by atoms with Crippen LogP contribution in [0.4, 0.5) is 0 Å². The molecule has 0 N–H and O–H groups in total. The van der Waals surface area contributed by atoms with E-state index in [0.717, 1.165) is 11.9 Å². The van der Waals surface area contributed by atoms with E-state index in [1.807, 2.05) is 6.08 Å². The third kappa shape index (κ3) is 1.90. The third-order valence-corrected chi connectivity index (χ3v) is 3.03. The highest BCUT2D eigenvalue weighted by Gasteiger charge is 2.27. The largest absolute Gasteiger partial charge is 0.298 e. The molecule has 0 radical (unpaired) electrons. The van der Waals surface area contributed by atoms with Crippen molar-refractivity contribution in [3.63, 3.8) is 0 Å². The van der Waals surface area contributed by atoms with Crippen LogP contribution in [0, 0.1) is 17.8 Å². The Kier molecular flexibility index (Phi) is 3.07. The van der Waals surface area contributed by atoms with Crippen LogP contribution in [0.2, 0.25) is 0 Å². The summed E-state index contributed by atoms with van der Waals surface area (Å²) < 4.78 is 0. The second-order valence-corrected chi connectivity index (χ2v) is 4.25. The molecule has 0 bridgehead atoms. The van der Waals surface area contributed by atoms with E-state index < -0.39 is 0 Å². The molecule has 13 heavy (non-hydrogen) atoms. The lowest BCUT2D eigenvalue weighted by atomic mass is 9.73. The van der Waals surface area contributed by atoms with Gasteiger partial charge in [-0.25, -0.2) is 0 Å². The lowest BCUT2D eigenvalue weighted by molar-refractivity contribution is -0.105. The first-order chi connectivity index (χ1) is 6.07. The molecule has 0 aromatic heterocycles. The van der Waals surface area contributed by atoms with Gasteiger partial charge in [-0.1, -0.05) is 38.5 Å². The normalized spacial score (nSPS) is 28.4. The number of carbonyl (C=O) groups excluding carboxylic acids is 1. The van der Waals surface area contributed by atoms with Crippen LogP contribution < -0.4 is 0 Å². The molecule has 2 atom stereocenters. The van der Waals surface area contributed by atoms with Crippen molar-refractivity contribution in [2.45, 2.75) is 27.7 Å². The quantitative estimate of drug-likeness (QED) is 0.594. The molecule has 0 saturated heterocycles. The number of aldehydes is 1. The maximum Gasteiger partial charge on any atom is 0.146 e. The van der Waals surface area contributed by atoms with E-state index in [2.05, 4.69) is 33.8 Å². The van der Waals surface area contributed by atoms with E-state index >= 15 is 0 Å². The van der Waals surface area contributed by atoms with Gasteiger partial charge in [0.25, 0.3) is 0 Å². The smallest absolute Gasteiger partial charge is 0.146 e. The zero-order valence-corrected chi connectivity index (χ0v) is 8.87. The third-order valence-electron chi connectivity index (χ3n) is 3.03. The Morgan fingerprint density at radius 2 is 2.00 bits per heavy atom. The van der Waals surface area contributed by atoms with Gasteiger partial charge in [0.15, 0.2) is 0 Å². The highest BCUT2D eigenvalue weighted by molar-refractivity contribution is 5.75. The molecule has 0 spiro atoms. The van der Waals surface area contributed by atoms with E-state index in [0.29, 0.717) is 17.8 Å². The first-order valence-electron chi connectivity index (χ1n) is 4.91. The molecule has 1 aliphatic rings. The minimum Gasteiger partial charge on any atom is -0.298 e. The van der Waals surface area contributed by atoms with Crippen molar-refractivity contribution >= 4 is 6.29 Å². The zero-order chi connectivity index (χ0) is 10.0. The zero-order valence-electron chi connectivity index (χ0n) is 8.87. The predicted molar refractivity (Wildman–Crippen MR) is 55.4 cm³/mol. The summed E-state index contributed by atoms with van der Waals surface area (Å²) >= 11 is 0. The molecule has 0 aliphatic heterocycles. The number of carbonyl (C=O) groups is 1. The summed E-state index contributed by atoms with van der Waals surface area (Å²) in [5, 5.41) is 0. The highest BCUT2D eigenvalue weighted by Crippen LogP contribution is 2.35. The van der Waals surface area contributed by atoms with Gasteiger partial charge in [-0.2, -0.15) is 0 Å². The van der Waals surface area contributed by atoms with Gasteiger partial charge >= 0.3 is 0 Å². The number of hydrogen-bond acceptors (Lipinski definition) is 1. The van der Waals surface area contributed by atoms with Crippen molar-refractivity contribution < 1.29 is 4.79 Å².